The molecule has 0 bridgehead atoms. The normalized spacial score (nSPS) is 13.2. The second-order valence-corrected chi connectivity index (χ2v) is 7.27. The quantitative estimate of drug-likeness (QED) is 0.621. The zero-order chi connectivity index (χ0) is 16.3. The topological polar surface area (TPSA) is 46.3 Å². The first kappa shape index (κ1) is 20.4. The van der Waals surface area contributed by atoms with Gasteiger partial charge in [-0.2, -0.15) is 0 Å². The van der Waals surface area contributed by atoms with Crippen LogP contribution in [-0.4, -0.2) is 30.4 Å². The van der Waals surface area contributed by atoms with Gasteiger partial charge in [-0.05, 0) is 43.6 Å². The van der Waals surface area contributed by atoms with Gasteiger partial charge < -0.3 is 10.6 Å². The summed E-state index contributed by atoms with van der Waals surface area (Å²) in [6.45, 7) is 13.7. The van der Waals surface area contributed by atoms with Crippen LogP contribution in [0, 0.1) is 11.3 Å². The van der Waals surface area contributed by atoms with E-state index in [1.165, 1.54) is 0 Å². The fraction of sp³-hybridized carbons (Fsp3) is 0.944. The average Bonchev–Trinajstić information content (AvgIpc) is 2.42. The van der Waals surface area contributed by atoms with Crippen molar-refractivity contribution in [3.63, 3.8) is 0 Å². The largest absolute Gasteiger partial charge is 0.343 e. The van der Waals surface area contributed by atoms with Crippen LogP contribution in [0.1, 0.15) is 79.6 Å². The zero-order valence-electron chi connectivity index (χ0n) is 15.1. The third-order valence-corrected chi connectivity index (χ3v) is 4.36. The maximum Gasteiger partial charge on any atom is 0.222 e. The van der Waals surface area contributed by atoms with Crippen molar-refractivity contribution in [2.45, 2.75) is 79.6 Å². The third-order valence-electron chi connectivity index (χ3n) is 4.36. The fourth-order valence-corrected chi connectivity index (χ4v) is 2.73. The van der Waals surface area contributed by atoms with E-state index in [0.29, 0.717) is 24.8 Å². The summed E-state index contributed by atoms with van der Waals surface area (Å²) in [4.78, 5) is 14.6. The molecule has 0 saturated heterocycles. The second-order valence-electron chi connectivity index (χ2n) is 7.27. The number of amides is 1. The fourth-order valence-electron chi connectivity index (χ4n) is 2.73. The molecular weight excluding hydrogens is 260 g/mol. The van der Waals surface area contributed by atoms with Gasteiger partial charge in [-0.25, -0.2) is 0 Å². The number of unbranched alkanes of at least 4 members (excludes halogenated alkanes) is 2. The lowest BCUT2D eigenvalue weighted by Crippen LogP contribution is -2.34. The van der Waals surface area contributed by atoms with Crippen LogP contribution in [0.5, 0.6) is 0 Å². The maximum atomic E-state index is 12.5. The molecule has 1 unspecified atom stereocenters. The predicted molar refractivity (Wildman–Crippen MR) is 92.2 cm³/mol. The van der Waals surface area contributed by atoms with Gasteiger partial charge in [-0.1, -0.05) is 47.5 Å². The number of carbonyl (C=O) groups excluding carboxylic acids is 1. The molecule has 0 heterocycles. The summed E-state index contributed by atoms with van der Waals surface area (Å²) in [5, 5.41) is 0. The Balaban J connectivity index is 4.43. The zero-order valence-corrected chi connectivity index (χ0v) is 15.1. The molecule has 0 aromatic carbocycles. The van der Waals surface area contributed by atoms with Crippen molar-refractivity contribution in [3.05, 3.63) is 0 Å². The predicted octanol–water partition coefficient (Wildman–Crippen LogP) is 4.21. The molecule has 1 amide bonds. The Bertz CT molecular complexity index is 263. The molecule has 21 heavy (non-hydrogen) atoms. The van der Waals surface area contributed by atoms with Crippen molar-refractivity contribution in [2.75, 3.05) is 19.6 Å². The lowest BCUT2D eigenvalue weighted by Gasteiger charge is -2.31. The number of rotatable bonds is 11. The number of nitrogens with zero attached hydrogens (tertiary/aromatic N) is 1. The van der Waals surface area contributed by atoms with E-state index in [0.717, 1.165) is 51.6 Å². The van der Waals surface area contributed by atoms with Gasteiger partial charge in [0.05, 0.1) is 0 Å². The highest BCUT2D eigenvalue weighted by molar-refractivity contribution is 5.76. The van der Waals surface area contributed by atoms with E-state index in [-0.39, 0.29) is 5.41 Å². The Labute approximate surface area is 132 Å². The molecular formula is C18H38N2O. The van der Waals surface area contributed by atoms with E-state index in [4.69, 9.17) is 5.73 Å². The smallest absolute Gasteiger partial charge is 0.222 e. The minimum atomic E-state index is 0.233. The molecule has 0 aliphatic carbocycles. The summed E-state index contributed by atoms with van der Waals surface area (Å²) in [5.74, 6) is 0.869. The van der Waals surface area contributed by atoms with Crippen LogP contribution in [0.25, 0.3) is 0 Å². The minimum absolute atomic E-state index is 0.233. The summed E-state index contributed by atoms with van der Waals surface area (Å²) in [5.41, 5.74) is 5.96. The Hall–Kier alpha value is -0.570. The number of hydrogen-bond acceptors (Lipinski definition) is 2. The molecule has 0 saturated carbocycles. The molecule has 3 heteroatoms. The Morgan fingerprint density at radius 2 is 1.57 bits per heavy atom. The lowest BCUT2D eigenvalue weighted by atomic mass is 9.76. The molecule has 3 nitrogen and oxygen atoms in total. The van der Waals surface area contributed by atoms with Crippen LogP contribution in [0.2, 0.25) is 0 Å². The molecule has 2 N–H and O–H groups in total. The van der Waals surface area contributed by atoms with E-state index in [2.05, 4.69) is 39.5 Å². The lowest BCUT2D eigenvalue weighted by molar-refractivity contribution is -0.131. The van der Waals surface area contributed by atoms with Gasteiger partial charge in [0, 0.05) is 19.5 Å². The average molecular weight is 299 g/mol. The van der Waals surface area contributed by atoms with Crippen LogP contribution in [0.3, 0.4) is 0 Å². The van der Waals surface area contributed by atoms with Crippen molar-refractivity contribution in [1.82, 2.24) is 4.90 Å². The Morgan fingerprint density at radius 1 is 1.05 bits per heavy atom. The van der Waals surface area contributed by atoms with Gasteiger partial charge in [0.25, 0.3) is 0 Å². The molecule has 0 rings (SSSR count). The van der Waals surface area contributed by atoms with Crippen LogP contribution >= 0.6 is 0 Å². The molecule has 0 fully saturated rings. The SMILES string of the molecule is CCCCN(CCCC)C(=O)CCC(CCN)C(C)(C)C. The second kappa shape index (κ2) is 11.1. The van der Waals surface area contributed by atoms with Crippen molar-refractivity contribution >= 4 is 5.91 Å². The first-order chi connectivity index (χ1) is 9.86. The molecule has 0 radical (unpaired) electrons. The monoisotopic (exact) mass is 298 g/mol. The highest BCUT2D eigenvalue weighted by Crippen LogP contribution is 2.32. The van der Waals surface area contributed by atoms with Crippen LogP contribution in [0.4, 0.5) is 0 Å². The van der Waals surface area contributed by atoms with E-state index in [1.54, 1.807) is 0 Å². The van der Waals surface area contributed by atoms with E-state index < -0.39 is 0 Å². The van der Waals surface area contributed by atoms with Gasteiger partial charge in [0.2, 0.25) is 5.91 Å². The van der Waals surface area contributed by atoms with Crippen LogP contribution in [-0.2, 0) is 4.79 Å². The van der Waals surface area contributed by atoms with Crippen LogP contribution < -0.4 is 5.73 Å². The summed E-state index contributed by atoms with van der Waals surface area (Å²) in [6, 6.07) is 0. The maximum absolute atomic E-state index is 12.5. The summed E-state index contributed by atoms with van der Waals surface area (Å²) in [7, 11) is 0. The molecule has 0 aliphatic rings. The van der Waals surface area contributed by atoms with Crippen molar-refractivity contribution in [2.24, 2.45) is 17.1 Å². The first-order valence-corrected chi connectivity index (χ1v) is 8.84. The number of nitrogens with two attached hydrogens (primary N) is 1. The van der Waals surface area contributed by atoms with E-state index in [1.807, 2.05) is 0 Å². The Kier molecular flexibility index (Phi) is 10.8. The highest BCUT2D eigenvalue weighted by atomic mass is 16.2. The Morgan fingerprint density at radius 3 is 1.95 bits per heavy atom. The van der Waals surface area contributed by atoms with Crippen molar-refractivity contribution in [1.29, 1.82) is 0 Å². The van der Waals surface area contributed by atoms with Gasteiger partial charge in [0.15, 0.2) is 0 Å². The number of carbonyl (C=O) groups is 1. The van der Waals surface area contributed by atoms with E-state index in [9.17, 15) is 4.79 Å². The molecule has 126 valence electrons. The first-order valence-electron chi connectivity index (χ1n) is 8.84. The van der Waals surface area contributed by atoms with Gasteiger partial charge >= 0.3 is 0 Å². The highest BCUT2D eigenvalue weighted by Gasteiger charge is 2.25. The minimum Gasteiger partial charge on any atom is -0.343 e. The molecule has 0 aromatic rings. The van der Waals surface area contributed by atoms with Crippen molar-refractivity contribution in [3.8, 4) is 0 Å². The number of hydrogen-bond donors (Lipinski definition) is 1. The summed E-state index contributed by atoms with van der Waals surface area (Å²) in [6.07, 6.45) is 7.17. The third kappa shape index (κ3) is 9.13. The molecule has 1 atom stereocenters. The summed E-state index contributed by atoms with van der Waals surface area (Å²) >= 11 is 0. The van der Waals surface area contributed by atoms with Gasteiger partial charge in [0.1, 0.15) is 0 Å². The molecule has 0 aliphatic heterocycles. The van der Waals surface area contributed by atoms with Gasteiger partial charge in [-0.3, -0.25) is 4.79 Å². The molecule has 0 aromatic heterocycles. The molecule has 0 spiro atoms. The summed E-state index contributed by atoms with van der Waals surface area (Å²) < 4.78 is 0. The van der Waals surface area contributed by atoms with Gasteiger partial charge in [-0.15, -0.1) is 0 Å². The van der Waals surface area contributed by atoms with Crippen LogP contribution in [0.15, 0.2) is 0 Å². The van der Waals surface area contributed by atoms with E-state index >= 15 is 0 Å². The standard InChI is InChI=1S/C18H38N2O/c1-6-8-14-20(15-9-7-2)17(21)11-10-16(12-13-19)18(3,4)5/h16H,6-15,19H2,1-5H3. The van der Waals surface area contributed by atoms with Crippen molar-refractivity contribution < 1.29 is 4.79 Å².